The van der Waals surface area contributed by atoms with Crippen LogP contribution in [0.15, 0.2) is 54.7 Å². The van der Waals surface area contributed by atoms with E-state index in [0.717, 1.165) is 0 Å². The number of nitriles is 2. The van der Waals surface area contributed by atoms with Gasteiger partial charge in [-0.2, -0.15) is 20.6 Å². The number of aromatic nitrogens is 3. The zero-order valence-electron chi connectivity index (χ0n) is 12.4. The van der Waals surface area contributed by atoms with Gasteiger partial charge in [-0.1, -0.05) is 18.2 Å². The van der Waals surface area contributed by atoms with Gasteiger partial charge >= 0.3 is 0 Å². The summed E-state index contributed by atoms with van der Waals surface area (Å²) in [5.41, 5.74) is 2.36. The number of nitrogens with one attached hydrogen (secondary N) is 2. The highest BCUT2D eigenvalue weighted by Gasteiger charge is 2.05. The van der Waals surface area contributed by atoms with Crippen molar-refractivity contribution in [3.63, 3.8) is 0 Å². The molecule has 0 aliphatic rings. The summed E-state index contributed by atoms with van der Waals surface area (Å²) in [5, 5.41) is 31.9. The summed E-state index contributed by atoms with van der Waals surface area (Å²) in [6, 6.07) is 18.2. The van der Waals surface area contributed by atoms with Crippen LogP contribution in [-0.2, 0) is 0 Å². The molecular weight excluding hydrogens is 302 g/mol. The van der Waals surface area contributed by atoms with E-state index in [9.17, 15) is 0 Å². The summed E-state index contributed by atoms with van der Waals surface area (Å²) in [6.07, 6.45) is 1.46. The average Bonchev–Trinajstić information content (AvgIpc) is 2.62. The van der Waals surface area contributed by atoms with Gasteiger partial charge in [0.15, 0.2) is 5.82 Å². The van der Waals surface area contributed by atoms with Crippen molar-refractivity contribution in [2.45, 2.75) is 0 Å². The second-order valence-corrected chi connectivity index (χ2v) is 4.77. The maximum atomic E-state index is 9.12. The van der Waals surface area contributed by atoms with Crippen LogP contribution in [-0.4, -0.2) is 15.2 Å². The molecule has 1 heterocycles. The third kappa shape index (κ3) is 3.43. The first-order chi connectivity index (χ1) is 11.8. The normalized spacial score (nSPS) is 9.58. The highest BCUT2D eigenvalue weighted by atomic mass is 15.3. The van der Waals surface area contributed by atoms with Crippen molar-refractivity contribution in [1.82, 2.24) is 15.2 Å². The number of rotatable bonds is 4. The lowest BCUT2D eigenvalue weighted by molar-refractivity contribution is 0.982. The Morgan fingerprint density at radius 1 is 0.917 bits per heavy atom. The van der Waals surface area contributed by atoms with Gasteiger partial charge in [-0.3, -0.25) is 0 Å². The molecule has 0 unspecified atom stereocenters. The number of nitrogens with zero attached hydrogens (tertiary/aromatic N) is 5. The molecule has 0 fully saturated rings. The Kier molecular flexibility index (Phi) is 4.27. The molecule has 0 spiro atoms. The van der Waals surface area contributed by atoms with E-state index in [1.54, 1.807) is 42.5 Å². The zero-order valence-corrected chi connectivity index (χ0v) is 12.4. The van der Waals surface area contributed by atoms with Crippen LogP contribution in [0, 0.1) is 22.7 Å². The molecule has 0 radical (unpaired) electrons. The van der Waals surface area contributed by atoms with Crippen LogP contribution < -0.4 is 10.6 Å². The third-order valence-corrected chi connectivity index (χ3v) is 3.12. The Labute approximate surface area is 138 Å². The van der Waals surface area contributed by atoms with E-state index >= 15 is 0 Å². The molecule has 0 atom stereocenters. The summed E-state index contributed by atoms with van der Waals surface area (Å²) in [7, 11) is 0. The minimum atomic E-state index is 0.282. The second kappa shape index (κ2) is 6.86. The van der Waals surface area contributed by atoms with Crippen molar-refractivity contribution >= 4 is 23.1 Å². The summed E-state index contributed by atoms with van der Waals surface area (Å²) in [5.74, 6) is 0.733. The summed E-state index contributed by atoms with van der Waals surface area (Å²) < 4.78 is 0. The number of hydrogen-bond acceptors (Lipinski definition) is 7. The average molecular weight is 313 g/mol. The fourth-order valence-electron chi connectivity index (χ4n) is 2.04. The van der Waals surface area contributed by atoms with Crippen LogP contribution in [0.4, 0.5) is 23.1 Å². The van der Waals surface area contributed by atoms with Gasteiger partial charge in [0.25, 0.3) is 0 Å². The van der Waals surface area contributed by atoms with Gasteiger partial charge in [0, 0.05) is 5.69 Å². The van der Waals surface area contributed by atoms with Gasteiger partial charge in [-0.15, -0.1) is 5.10 Å². The number of anilines is 4. The maximum Gasteiger partial charge on any atom is 0.249 e. The number of benzene rings is 2. The second-order valence-electron chi connectivity index (χ2n) is 4.77. The Bertz CT molecular complexity index is 953. The highest BCUT2D eigenvalue weighted by Crippen LogP contribution is 2.20. The predicted octanol–water partition coefficient (Wildman–Crippen LogP) is 3.10. The largest absolute Gasteiger partial charge is 0.338 e. The lowest BCUT2D eigenvalue weighted by Crippen LogP contribution is -2.03. The molecule has 0 saturated carbocycles. The van der Waals surface area contributed by atoms with E-state index in [1.165, 1.54) is 6.20 Å². The molecule has 3 aromatic rings. The molecule has 2 N–H and O–H groups in total. The molecule has 0 aliphatic carbocycles. The number of hydrogen-bond donors (Lipinski definition) is 2. The van der Waals surface area contributed by atoms with E-state index in [1.807, 2.05) is 6.07 Å². The van der Waals surface area contributed by atoms with E-state index in [-0.39, 0.29) is 5.95 Å². The van der Waals surface area contributed by atoms with E-state index in [4.69, 9.17) is 10.5 Å². The molecule has 3 rings (SSSR count). The van der Waals surface area contributed by atoms with Gasteiger partial charge in [-0.25, -0.2) is 0 Å². The molecule has 0 aliphatic heterocycles. The van der Waals surface area contributed by atoms with Gasteiger partial charge in [0.2, 0.25) is 5.95 Å². The van der Waals surface area contributed by atoms with E-state index in [0.29, 0.717) is 28.3 Å². The zero-order chi connectivity index (χ0) is 16.8. The van der Waals surface area contributed by atoms with Crippen molar-refractivity contribution in [3.8, 4) is 12.1 Å². The van der Waals surface area contributed by atoms with E-state index in [2.05, 4.69) is 38.0 Å². The van der Waals surface area contributed by atoms with Crippen LogP contribution in [0.3, 0.4) is 0 Å². The van der Waals surface area contributed by atoms with Crippen molar-refractivity contribution in [2.75, 3.05) is 10.6 Å². The predicted molar refractivity (Wildman–Crippen MR) is 88.7 cm³/mol. The Hall–Kier alpha value is -3.97. The van der Waals surface area contributed by atoms with E-state index < -0.39 is 0 Å². The maximum absolute atomic E-state index is 9.12. The van der Waals surface area contributed by atoms with Crippen LogP contribution in [0.1, 0.15) is 11.1 Å². The van der Waals surface area contributed by atoms with Crippen molar-refractivity contribution in [1.29, 1.82) is 10.5 Å². The number of para-hydroxylation sites is 1. The van der Waals surface area contributed by atoms with Gasteiger partial charge < -0.3 is 10.6 Å². The smallest absolute Gasteiger partial charge is 0.249 e. The SMILES string of the molecule is N#Cc1cccc(Nc2nncc(Nc3ccccc3C#N)n2)c1. The third-order valence-electron chi connectivity index (χ3n) is 3.12. The topological polar surface area (TPSA) is 110 Å². The lowest BCUT2D eigenvalue weighted by atomic mass is 10.2. The molecule has 7 heteroatoms. The van der Waals surface area contributed by atoms with Crippen LogP contribution >= 0.6 is 0 Å². The minimum Gasteiger partial charge on any atom is -0.338 e. The fraction of sp³-hybridized carbons (Fsp3) is 0. The standard InChI is InChI=1S/C17H11N7/c18-9-12-4-3-6-14(8-12)21-17-23-16(11-20-24-17)22-15-7-2-1-5-13(15)10-19/h1-8,11H,(H2,21,22,23,24). The van der Waals surface area contributed by atoms with Gasteiger partial charge in [-0.05, 0) is 30.3 Å². The van der Waals surface area contributed by atoms with Crippen molar-refractivity contribution < 1.29 is 0 Å². The monoisotopic (exact) mass is 313 g/mol. The molecule has 0 bridgehead atoms. The Morgan fingerprint density at radius 2 is 1.79 bits per heavy atom. The summed E-state index contributed by atoms with van der Waals surface area (Å²) in [6.45, 7) is 0. The van der Waals surface area contributed by atoms with Gasteiger partial charge in [0.05, 0.1) is 29.1 Å². The molecular formula is C17H11N7. The molecule has 7 nitrogen and oxygen atoms in total. The first kappa shape index (κ1) is 14.9. The lowest BCUT2D eigenvalue weighted by Gasteiger charge is -2.08. The molecule has 0 saturated heterocycles. The highest BCUT2D eigenvalue weighted by molar-refractivity contribution is 5.65. The van der Waals surface area contributed by atoms with Crippen LogP contribution in [0.2, 0.25) is 0 Å². The molecule has 1 aromatic heterocycles. The quantitative estimate of drug-likeness (QED) is 0.761. The summed E-state index contributed by atoms with van der Waals surface area (Å²) >= 11 is 0. The van der Waals surface area contributed by atoms with Crippen LogP contribution in [0.5, 0.6) is 0 Å². The Morgan fingerprint density at radius 3 is 2.62 bits per heavy atom. The van der Waals surface area contributed by atoms with Crippen LogP contribution in [0.25, 0.3) is 0 Å². The fourth-order valence-corrected chi connectivity index (χ4v) is 2.04. The first-order valence-electron chi connectivity index (χ1n) is 7.01. The molecule has 24 heavy (non-hydrogen) atoms. The summed E-state index contributed by atoms with van der Waals surface area (Å²) in [4.78, 5) is 4.31. The van der Waals surface area contributed by atoms with Crippen molar-refractivity contribution in [2.24, 2.45) is 0 Å². The first-order valence-corrected chi connectivity index (χ1v) is 7.01. The van der Waals surface area contributed by atoms with Gasteiger partial charge in [0.1, 0.15) is 6.07 Å². The van der Waals surface area contributed by atoms with Crippen molar-refractivity contribution in [3.05, 3.63) is 65.9 Å². The minimum absolute atomic E-state index is 0.282. The molecule has 0 amide bonds. The molecule has 114 valence electrons. The Balaban J connectivity index is 1.82. The molecule has 2 aromatic carbocycles.